The molecule has 3 aromatic heterocycles. The van der Waals surface area contributed by atoms with Crippen molar-refractivity contribution >= 4 is 34.2 Å². The summed E-state index contributed by atoms with van der Waals surface area (Å²) in [5.41, 5.74) is 0.322. The number of rotatable bonds is 6. The molecule has 0 aliphatic rings. The van der Waals surface area contributed by atoms with Gasteiger partial charge in [0, 0.05) is 11.1 Å². The molecule has 0 amide bonds. The molecular formula is C16H11F3N2O2S2. The molecule has 3 aromatic rings. The highest BCUT2D eigenvalue weighted by Crippen LogP contribution is 2.29. The van der Waals surface area contributed by atoms with Crippen LogP contribution in [-0.4, -0.2) is 27.5 Å². The summed E-state index contributed by atoms with van der Waals surface area (Å²) in [5, 5.41) is 8.01. The average molecular weight is 384 g/mol. The van der Waals surface area contributed by atoms with Crippen LogP contribution in [0.5, 0.6) is 0 Å². The van der Waals surface area contributed by atoms with Gasteiger partial charge in [-0.1, -0.05) is 12.1 Å². The summed E-state index contributed by atoms with van der Waals surface area (Å²) in [4.78, 5) is 25.1. The van der Waals surface area contributed by atoms with Gasteiger partial charge in [-0.25, -0.2) is 0 Å². The summed E-state index contributed by atoms with van der Waals surface area (Å²) in [6.45, 7) is 0.399. The second-order valence-corrected chi connectivity index (χ2v) is 7.15. The van der Waals surface area contributed by atoms with Crippen molar-refractivity contribution in [1.82, 2.24) is 9.78 Å². The molecular weight excluding hydrogens is 373 g/mol. The first-order valence-electron chi connectivity index (χ1n) is 7.11. The molecule has 0 spiro atoms. The van der Waals surface area contributed by atoms with Gasteiger partial charge in [-0.15, -0.1) is 22.7 Å². The molecule has 9 heteroatoms. The first kappa shape index (κ1) is 17.6. The largest absolute Gasteiger partial charge is 0.450 e. The van der Waals surface area contributed by atoms with Crippen LogP contribution < -0.4 is 0 Å². The maximum absolute atomic E-state index is 12.4. The fraction of sp³-hybridized carbons (Fsp3) is 0.188. The Morgan fingerprint density at radius 3 is 2.44 bits per heavy atom. The number of carbonyl (C=O) groups is 2. The van der Waals surface area contributed by atoms with Crippen molar-refractivity contribution in [3.63, 3.8) is 0 Å². The van der Waals surface area contributed by atoms with Crippen molar-refractivity contribution in [1.29, 1.82) is 0 Å². The summed E-state index contributed by atoms with van der Waals surface area (Å²) in [6.07, 6.45) is -4.83. The zero-order chi connectivity index (χ0) is 18.0. The number of aromatic nitrogens is 2. The molecule has 4 nitrogen and oxygen atoms in total. The molecule has 3 rings (SSSR count). The summed E-state index contributed by atoms with van der Waals surface area (Å²) >= 11 is 2.83. The lowest BCUT2D eigenvalue weighted by molar-refractivity contribution is -0.170. The third kappa shape index (κ3) is 4.05. The number of hydrogen-bond donors (Lipinski definition) is 0. The molecule has 25 heavy (non-hydrogen) atoms. The van der Waals surface area contributed by atoms with Crippen LogP contribution in [-0.2, 0) is 11.3 Å². The first-order chi connectivity index (χ1) is 11.8. The van der Waals surface area contributed by atoms with E-state index in [0.29, 0.717) is 17.1 Å². The SMILES string of the molecule is O=C(CC(=O)C(F)(F)F)c1cn(Cc2cccs2)nc1-c1cccs1. The molecule has 0 saturated carbocycles. The zero-order valence-corrected chi connectivity index (χ0v) is 14.2. The summed E-state index contributed by atoms with van der Waals surface area (Å²) in [5.74, 6) is -2.94. The van der Waals surface area contributed by atoms with Crippen molar-refractivity contribution in [2.45, 2.75) is 19.1 Å². The van der Waals surface area contributed by atoms with E-state index in [-0.39, 0.29) is 5.56 Å². The second kappa shape index (κ2) is 6.93. The molecule has 0 aliphatic heterocycles. The highest BCUT2D eigenvalue weighted by atomic mass is 32.1. The van der Waals surface area contributed by atoms with E-state index >= 15 is 0 Å². The third-order valence-electron chi connectivity index (χ3n) is 3.35. The van der Waals surface area contributed by atoms with Gasteiger partial charge < -0.3 is 0 Å². The standard InChI is InChI=1S/C16H11F3N2O2S2/c17-16(18,19)14(23)7-12(22)11-9-21(8-10-3-1-5-24-10)20-15(11)13-4-2-6-25-13/h1-6,9H,7-8H2. The van der Waals surface area contributed by atoms with Crippen LogP contribution in [0.3, 0.4) is 0 Å². The van der Waals surface area contributed by atoms with Gasteiger partial charge in [-0.3, -0.25) is 14.3 Å². The quantitative estimate of drug-likeness (QED) is 0.467. The third-order valence-corrected chi connectivity index (χ3v) is 5.09. The molecule has 3 heterocycles. The van der Waals surface area contributed by atoms with Crippen molar-refractivity contribution in [3.8, 4) is 10.6 Å². The average Bonchev–Trinajstić information content (AvgIpc) is 3.27. The topological polar surface area (TPSA) is 52.0 Å². The fourth-order valence-corrected chi connectivity index (χ4v) is 3.62. The number of halogens is 3. The minimum atomic E-state index is -5.02. The minimum absolute atomic E-state index is 0.0246. The number of alkyl halides is 3. The van der Waals surface area contributed by atoms with Gasteiger partial charge in [0.15, 0.2) is 5.78 Å². The highest BCUT2D eigenvalue weighted by molar-refractivity contribution is 7.13. The fourth-order valence-electron chi connectivity index (χ4n) is 2.21. The van der Waals surface area contributed by atoms with Gasteiger partial charge >= 0.3 is 6.18 Å². The molecule has 130 valence electrons. The van der Waals surface area contributed by atoms with Crippen LogP contribution in [0.2, 0.25) is 0 Å². The smallest absolute Gasteiger partial charge is 0.294 e. The van der Waals surface area contributed by atoms with Gasteiger partial charge in [0.1, 0.15) is 5.69 Å². The first-order valence-corrected chi connectivity index (χ1v) is 8.87. The van der Waals surface area contributed by atoms with Crippen LogP contribution in [0.25, 0.3) is 10.6 Å². The van der Waals surface area contributed by atoms with Crippen molar-refractivity contribution < 1.29 is 22.8 Å². The van der Waals surface area contributed by atoms with Gasteiger partial charge in [-0.2, -0.15) is 18.3 Å². The van der Waals surface area contributed by atoms with E-state index in [1.54, 1.807) is 17.5 Å². The zero-order valence-electron chi connectivity index (χ0n) is 12.6. The van der Waals surface area contributed by atoms with Gasteiger partial charge in [0.05, 0.1) is 23.4 Å². The molecule has 0 radical (unpaired) electrons. The van der Waals surface area contributed by atoms with Crippen LogP contribution in [0.15, 0.2) is 41.2 Å². The predicted octanol–water partition coefficient (Wildman–Crippen LogP) is 4.43. The second-order valence-electron chi connectivity index (χ2n) is 5.17. The normalized spacial score (nSPS) is 11.6. The van der Waals surface area contributed by atoms with Crippen LogP contribution >= 0.6 is 22.7 Å². The maximum atomic E-state index is 12.4. The molecule has 0 aliphatic carbocycles. The molecule has 0 unspecified atom stereocenters. The Labute approximate surface area is 148 Å². The minimum Gasteiger partial charge on any atom is -0.294 e. The van der Waals surface area contributed by atoms with Crippen molar-refractivity contribution in [2.75, 3.05) is 0 Å². The Bertz CT molecular complexity index is 881. The van der Waals surface area contributed by atoms with Gasteiger partial charge in [0.25, 0.3) is 0 Å². The lowest BCUT2D eigenvalue weighted by Crippen LogP contribution is -2.25. The van der Waals surface area contributed by atoms with E-state index in [9.17, 15) is 22.8 Å². The number of nitrogens with zero attached hydrogens (tertiary/aromatic N) is 2. The Hall–Kier alpha value is -2.26. The van der Waals surface area contributed by atoms with Crippen LogP contribution in [0, 0.1) is 0 Å². The Balaban J connectivity index is 1.92. The Morgan fingerprint density at radius 2 is 1.84 bits per heavy atom. The van der Waals surface area contributed by atoms with Gasteiger partial charge in [-0.05, 0) is 22.9 Å². The summed E-state index contributed by atoms with van der Waals surface area (Å²) in [6, 6.07) is 7.25. The number of thiophene rings is 2. The molecule has 0 aromatic carbocycles. The van der Waals surface area contributed by atoms with E-state index in [4.69, 9.17) is 0 Å². The number of hydrogen-bond acceptors (Lipinski definition) is 5. The summed E-state index contributed by atoms with van der Waals surface area (Å²) < 4.78 is 38.8. The number of ketones is 2. The lowest BCUT2D eigenvalue weighted by Gasteiger charge is -2.04. The van der Waals surface area contributed by atoms with Gasteiger partial charge in [0.2, 0.25) is 5.78 Å². The van der Waals surface area contributed by atoms with Crippen LogP contribution in [0.4, 0.5) is 13.2 Å². The van der Waals surface area contributed by atoms with E-state index < -0.39 is 24.2 Å². The maximum Gasteiger partial charge on any atom is 0.450 e. The van der Waals surface area contributed by atoms with E-state index in [1.807, 2.05) is 17.5 Å². The molecule has 0 N–H and O–H groups in total. The van der Waals surface area contributed by atoms with Crippen molar-refractivity contribution in [2.24, 2.45) is 0 Å². The van der Waals surface area contributed by atoms with Crippen molar-refractivity contribution in [3.05, 3.63) is 51.7 Å². The lowest BCUT2D eigenvalue weighted by atomic mass is 10.1. The predicted molar refractivity (Wildman–Crippen MR) is 89.0 cm³/mol. The van der Waals surface area contributed by atoms with E-state index in [2.05, 4.69) is 5.10 Å². The van der Waals surface area contributed by atoms with E-state index in [0.717, 1.165) is 4.88 Å². The Morgan fingerprint density at radius 1 is 1.12 bits per heavy atom. The Kier molecular flexibility index (Phi) is 4.87. The number of carbonyl (C=O) groups excluding carboxylic acids is 2. The number of Topliss-reactive ketones (excluding diaryl/α,β-unsaturated/α-hetero) is 2. The van der Waals surface area contributed by atoms with Crippen LogP contribution in [0.1, 0.15) is 21.7 Å². The monoisotopic (exact) mass is 384 g/mol. The molecule has 0 bridgehead atoms. The highest BCUT2D eigenvalue weighted by Gasteiger charge is 2.39. The molecule has 0 atom stereocenters. The molecule has 0 fully saturated rings. The van der Waals surface area contributed by atoms with E-state index in [1.165, 1.54) is 33.6 Å². The summed E-state index contributed by atoms with van der Waals surface area (Å²) in [7, 11) is 0. The molecule has 0 saturated heterocycles.